The molecule has 1 aromatic rings. The molecule has 0 saturated carbocycles. The lowest BCUT2D eigenvalue weighted by Gasteiger charge is -2.15. The molecule has 0 spiro atoms. The fourth-order valence-electron chi connectivity index (χ4n) is 0.984. The fraction of sp³-hybridized carbons (Fsp3) is 0.375. The van der Waals surface area contributed by atoms with Crippen LogP contribution in [-0.4, -0.2) is 10.8 Å². The zero-order chi connectivity index (χ0) is 7.90. The summed E-state index contributed by atoms with van der Waals surface area (Å²) < 4.78 is 10.7. The molecular weight excluding hydrogens is 142 g/mol. The van der Waals surface area contributed by atoms with Gasteiger partial charge in [0.2, 0.25) is 5.79 Å². The predicted octanol–water partition coefficient (Wildman–Crippen LogP) is 1.39. The Labute approximate surface area is 65.0 Å². The molecule has 0 fully saturated rings. The third-order valence-electron chi connectivity index (χ3n) is 1.37. The number of hydrogen-bond acceptors (Lipinski definition) is 3. The molecule has 1 radical (unpaired) electrons. The van der Waals surface area contributed by atoms with Crippen LogP contribution in [0.25, 0.3) is 0 Å². The monoisotopic (exact) mass is 150 g/mol. The van der Waals surface area contributed by atoms with E-state index in [0.717, 1.165) is 0 Å². The Kier molecular flexibility index (Phi) is 1.10. The Morgan fingerprint density at radius 2 is 2.27 bits per heavy atom. The van der Waals surface area contributed by atoms with E-state index in [4.69, 9.17) is 9.47 Å². The van der Waals surface area contributed by atoms with E-state index in [1.165, 1.54) is 0 Å². The number of fused-ring (bicyclic) bond motifs is 1. The highest BCUT2D eigenvalue weighted by atomic mass is 16.7. The van der Waals surface area contributed by atoms with Gasteiger partial charge < -0.3 is 9.47 Å². The van der Waals surface area contributed by atoms with Crippen molar-refractivity contribution in [2.45, 2.75) is 19.6 Å². The average molecular weight is 150 g/mol. The maximum atomic E-state index is 5.35. The summed E-state index contributed by atoms with van der Waals surface area (Å²) in [4.78, 5) is 3.98. The van der Waals surface area contributed by atoms with Crippen LogP contribution in [0.3, 0.4) is 0 Å². The van der Waals surface area contributed by atoms with E-state index in [1.54, 1.807) is 12.3 Å². The van der Waals surface area contributed by atoms with Gasteiger partial charge in [0, 0.05) is 26.1 Å². The van der Waals surface area contributed by atoms with Crippen molar-refractivity contribution in [1.29, 1.82) is 0 Å². The molecule has 0 atom stereocenters. The van der Waals surface area contributed by atoms with E-state index in [1.807, 2.05) is 13.8 Å². The number of ether oxygens (including phenoxy) is 2. The van der Waals surface area contributed by atoms with Crippen LogP contribution in [-0.2, 0) is 0 Å². The summed E-state index contributed by atoms with van der Waals surface area (Å²) in [5.74, 6) is 0.530. The molecule has 0 saturated heterocycles. The van der Waals surface area contributed by atoms with Gasteiger partial charge in [0.25, 0.3) is 5.88 Å². The van der Waals surface area contributed by atoms with Crippen LogP contribution in [0, 0.1) is 6.07 Å². The molecule has 0 N–H and O–H groups in total. The van der Waals surface area contributed by atoms with E-state index >= 15 is 0 Å². The summed E-state index contributed by atoms with van der Waals surface area (Å²) >= 11 is 0. The van der Waals surface area contributed by atoms with E-state index in [0.29, 0.717) is 11.6 Å². The molecule has 3 heteroatoms. The maximum absolute atomic E-state index is 5.35. The van der Waals surface area contributed by atoms with Crippen molar-refractivity contribution in [2.75, 3.05) is 0 Å². The minimum Gasteiger partial charge on any atom is -0.447 e. The molecule has 0 aromatic carbocycles. The van der Waals surface area contributed by atoms with Crippen molar-refractivity contribution in [1.82, 2.24) is 4.98 Å². The number of hydrogen-bond donors (Lipinski definition) is 0. The van der Waals surface area contributed by atoms with Gasteiger partial charge in [-0.2, -0.15) is 0 Å². The van der Waals surface area contributed by atoms with Gasteiger partial charge in [-0.1, -0.05) is 0 Å². The molecule has 2 heterocycles. The quantitative estimate of drug-likeness (QED) is 0.560. The van der Waals surface area contributed by atoms with Gasteiger partial charge in [0.05, 0.1) is 0 Å². The number of aromatic nitrogens is 1. The minimum atomic E-state index is -0.590. The van der Waals surface area contributed by atoms with Crippen molar-refractivity contribution >= 4 is 0 Å². The number of pyridine rings is 1. The molecule has 0 amide bonds. The van der Waals surface area contributed by atoms with Crippen LogP contribution in [0.4, 0.5) is 0 Å². The summed E-state index contributed by atoms with van der Waals surface area (Å²) in [7, 11) is 0. The van der Waals surface area contributed by atoms with Crippen molar-refractivity contribution < 1.29 is 9.47 Å². The van der Waals surface area contributed by atoms with Crippen LogP contribution >= 0.6 is 0 Å². The Hall–Kier alpha value is -1.25. The highest BCUT2D eigenvalue weighted by Gasteiger charge is 2.32. The van der Waals surface area contributed by atoms with Crippen molar-refractivity contribution in [3.05, 3.63) is 18.3 Å². The second-order valence-electron chi connectivity index (χ2n) is 2.83. The smallest absolute Gasteiger partial charge is 0.261 e. The first-order valence-corrected chi connectivity index (χ1v) is 3.42. The maximum Gasteiger partial charge on any atom is 0.261 e. The summed E-state index contributed by atoms with van der Waals surface area (Å²) in [6.07, 6.45) is 1.63. The zero-order valence-electron chi connectivity index (χ0n) is 6.42. The van der Waals surface area contributed by atoms with Gasteiger partial charge in [-0.15, -0.1) is 0 Å². The molecule has 0 unspecified atom stereocenters. The number of rotatable bonds is 0. The molecule has 0 bridgehead atoms. The standard InChI is InChI=1S/C8H8NO2/c1-8(2)10-6-4-3-5-9-7(6)11-8/h3,5H,1-2H3. The first-order chi connectivity index (χ1) is 5.17. The fourth-order valence-corrected chi connectivity index (χ4v) is 0.984. The third-order valence-corrected chi connectivity index (χ3v) is 1.37. The Balaban J connectivity index is 2.41. The zero-order valence-corrected chi connectivity index (χ0v) is 6.42. The van der Waals surface area contributed by atoms with Crippen molar-refractivity contribution in [2.24, 2.45) is 0 Å². The Morgan fingerprint density at radius 1 is 1.45 bits per heavy atom. The molecule has 57 valence electrons. The van der Waals surface area contributed by atoms with Crippen molar-refractivity contribution in [3.8, 4) is 11.6 Å². The summed E-state index contributed by atoms with van der Waals surface area (Å²) in [5.41, 5.74) is 0. The Bertz CT molecular complexity index is 256. The van der Waals surface area contributed by atoms with Crippen LogP contribution in [0.15, 0.2) is 12.3 Å². The van der Waals surface area contributed by atoms with E-state index in [-0.39, 0.29) is 0 Å². The predicted molar refractivity (Wildman–Crippen MR) is 38.4 cm³/mol. The molecular formula is C8H8NO2. The highest BCUT2D eigenvalue weighted by Crippen LogP contribution is 2.35. The molecule has 1 aliphatic heterocycles. The lowest BCUT2D eigenvalue weighted by Crippen LogP contribution is -2.29. The van der Waals surface area contributed by atoms with E-state index in [2.05, 4.69) is 11.1 Å². The normalized spacial score (nSPS) is 18.4. The number of nitrogens with zero attached hydrogens (tertiary/aromatic N) is 1. The summed E-state index contributed by atoms with van der Waals surface area (Å²) in [5, 5.41) is 0. The first kappa shape index (κ1) is 6.46. The van der Waals surface area contributed by atoms with E-state index in [9.17, 15) is 0 Å². The topological polar surface area (TPSA) is 31.4 Å². The van der Waals surface area contributed by atoms with Gasteiger partial charge >= 0.3 is 0 Å². The largest absolute Gasteiger partial charge is 0.447 e. The van der Waals surface area contributed by atoms with Crippen LogP contribution in [0.2, 0.25) is 0 Å². The second kappa shape index (κ2) is 1.87. The molecule has 1 aliphatic rings. The average Bonchev–Trinajstić information content (AvgIpc) is 2.21. The van der Waals surface area contributed by atoms with Crippen molar-refractivity contribution in [3.63, 3.8) is 0 Å². The minimum absolute atomic E-state index is 0.525. The van der Waals surface area contributed by atoms with Gasteiger partial charge in [0.15, 0.2) is 5.75 Å². The Morgan fingerprint density at radius 3 is 3.00 bits per heavy atom. The van der Waals surface area contributed by atoms with Crippen LogP contribution in [0.1, 0.15) is 13.8 Å². The van der Waals surface area contributed by atoms with Gasteiger partial charge in [-0.05, 0) is 6.07 Å². The summed E-state index contributed by atoms with van der Waals surface area (Å²) in [6.45, 7) is 3.67. The molecule has 3 nitrogen and oxygen atoms in total. The molecule has 0 aliphatic carbocycles. The lowest BCUT2D eigenvalue weighted by molar-refractivity contribution is -0.0449. The molecule has 2 rings (SSSR count). The van der Waals surface area contributed by atoms with E-state index < -0.39 is 5.79 Å². The summed E-state index contributed by atoms with van der Waals surface area (Å²) in [6, 6.07) is 4.59. The van der Waals surface area contributed by atoms with Gasteiger partial charge in [0.1, 0.15) is 0 Å². The molecule has 1 aromatic heterocycles. The first-order valence-electron chi connectivity index (χ1n) is 3.42. The molecule has 11 heavy (non-hydrogen) atoms. The second-order valence-corrected chi connectivity index (χ2v) is 2.83. The van der Waals surface area contributed by atoms with Crippen LogP contribution < -0.4 is 9.47 Å². The SMILES string of the molecule is CC1(C)Oc2[c]ccnc2O1. The third kappa shape index (κ3) is 1.02. The lowest BCUT2D eigenvalue weighted by atomic mass is 10.4. The highest BCUT2D eigenvalue weighted by molar-refractivity contribution is 5.34. The van der Waals surface area contributed by atoms with Gasteiger partial charge in [-0.3, -0.25) is 0 Å². The van der Waals surface area contributed by atoms with Crippen LogP contribution in [0.5, 0.6) is 11.6 Å². The van der Waals surface area contributed by atoms with Gasteiger partial charge in [-0.25, -0.2) is 4.98 Å².